The highest BCUT2D eigenvalue weighted by atomic mass is 32.2. The Morgan fingerprint density at radius 3 is 2.55 bits per heavy atom. The number of thioether (sulfide) groups is 1. The fourth-order valence-corrected chi connectivity index (χ4v) is 5.80. The van der Waals surface area contributed by atoms with Gasteiger partial charge in [-0.05, 0) is 31.9 Å². The molecule has 0 aliphatic heterocycles. The Balaban J connectivity index is 1.72. The number of sulfonamides is 1. The van der Waals surface area contributed by atoms with Crippen LogP contribution in [0.1, 0.15) is 46.5 Å². The predicted octanol–water partition coefficient (Wildman–Crippen LogP) is 2.01. The summed E-state index contributed by atoms with van der Waals surface area (Å²) >= 11 is 1.10. The molecular formula is C19H28N6O4S2. The third-order valence-corrected chi connectivity index (χ3v) is 8.36. The van der Waals surface area contributed by atoms with Crippen LogP contribution in [-0.4, -0.2) is 63.6 Å². The van der Waals surface area contributed by atoms with E-state index in [9.17, 15) is 18.0 Å². The molecule has 31 heavy (non-hydrogen) atoms. The van der Waals surface area contributed by atoms with Crippen molar-refractivity contribution in [3.05, 3.63) is 18.3 Å². The van der Waals surface area contributed by atoms with Gasteiger partial charge in [0.1, 0.15) is 0 Å². The highest BCUT2D eigenvalue weighted by Crippen LogP contribution is 2.24. The SMILES string of the molecule is CCN(CC)S(=O)(=O)c1ccc2nnc(S[C@@H](C)C(=O)NC(=O)NC3CCCC3)n2c1. The summed E-state index contributed by atoms with van der Waals surface area (Å²) in [6, 6.07) is 2.69. The Kier molecular flexibility index (Phi) is 7.55. The summed E-state index contributed by atoms with van der Waals surface area (Å²) in [5, 5.41) is 13.0. The molecule has 1 aliphatic carbocycles. The normalized spacial score (nSPS) is 16.0. The van der Waals surface area contributed by atoms with Crippen molar-refractivity contribution in [3.8, 4) is 0 Å². The van der Waals surface area contributed by atoms with Gasteiger partial charge in [-0.3, -0.25) is 14.5 Å². The number of carbonyl (C=O) groups excluding carboxylic acids is 2. The molecule has 12 heteroatoms. The van der Waals surface area contributed by atoms with Crippen LogP contribution in [0.3, 0.4) is 0 Å². The minimum absolute atomic E-state index is 0.113. The van der Waals surface area contributed by atoms with E-state index in [0.717, 1.165) is 37.4 Å². The molecule has 10 nitrogen and oxygen atoms in total. The van der Waals surface area contributed by atoms with Crippen LogP contribution in [0, 0.1) is 0 Å². The number of carbonyl (C=O) groups is 2. The average Bonchev–Trinajstić information content (AvgIpc) is 3.38. The van der Waals surface area contributed by atoms with Crippen molar-refractivity contribution in [1.29, 1.82) is 0 Å². The number of nitrogens with zero attached hydrogens (tertiary/aromatic N) is 4. The standard InChI is InChI=1S/C19H28N6O4S2/c1-4-24(5-2)31(28,29)15-10-11-16-22-23-19(25(16)12-15)30-13(3)17(26)21-18(27)20-14-8-6-7-9-14/h10-14H,4-9H2,1-3H3,(H2,20,21,26,27)/t13-/m0/s1. The molecule has 170 valence electrons. The summed E-state index contributed by atoms with van der Waals surface area (Å²) in [4.78, 5) is 24.6. The maximum atomic E-state index is 12.8. The van der Waals surface area contributed by atoms with E-state index in [2.05, 4.69) is 20.8 Å². The van der Waals surface area contributed by atoms with Crippen LogP contribution >= 0.6 is 11.8 Å². The summed E-state index contributed by atoms with van der Waals surface area (Å²) in [5.74, 6) is -0.454. The Morgan fingerprint density at radius 2 is 1.90 bits per heavy atom. The summed E-state index contributed by atoms with van der Waals surface area (Å²) in [5.41, 5.74) is 0.465. The molecule has 0 radical (unpaired) electrons. The van der Waals surface area contributed by atoms with Crippen LogP contribution in [-0.2, 0) is 14.8 Å². The molecule has 0 spiro atoms. The molecule has 3 rings (SSSR count). The number of nitrogens with one attached hydrogen (secondary N) is 2. The van der Waals surface area contributed by atoms with E-state index in [1.807, 2.05) is 0 Å². The molecule has 2 heterocycles. The Hall–Kier alpha value is -2.18. The molecule has 0 bridgehead atoms. The second-order valence-corrected chi connectivity index (χ2v) is 10.6. The molecule has 2 N–H and O–H groups in total. The zero-order chi connectivity index (χ0) is 22.6. The summed E-state index contributed by atoms with van der Waals surface area (Å²) < 4.78 is 28.6. The highest BCUT2D eigenvalue weighted by molar-refractivity contribution is 8.00. The molecule has 0 aromatic carbocycles. The molecule has 1 fully saturated rings. The second kappa shape index (κ2) is 9.96. The number of pyridine rings is 1. The molecule has 1 saturated carbocycles. The zero-order valence-electron chi connectivity index (χ0n) is 17.9. The maximum absolute atomic E-state index is 12.8. The number of rotatable bonds is 8. The van der Waals surface area contributed by atoms with E-state index in [1.54, 1.807) is 31.2 Å². The van der Waals surface area contributed by atoms with Gasteiger partial charge in [0.05, 0.1) is 10.1 Å². The molecule has 2 aromatic rings. The van der Waals surface area contributed by atoms with Crippen LogP contribution in [0.25, 0.3) is 5.65 Å². The summed E-state index contributed by atoms with van der Waals surface area (Å²) in [7, 11) is -3.64. The minimum atomic E-state index is -3.64. The lowest BCUT2D eigenvalue weighted by atomic mass is 10.2. The van der Waals surface area contributed by atoms with Crippen molar-refractivity contribution in [3.63, 3.8) is 0 Å². The Bertz CT molecular complexity index is 1040. The van der Waals surface area contributed by atoms with Crippen molar-refractivity contribution in [2.75, 3.05) is 13.1 Å². The van der Waals surface area contributed by atoms with E-state index in [-0.39, 0.29) is 10.9 Å². The first-order valence-electron chi connectivity index (χ1n) is 10.4. The first kappa shape index (κ1) is 23.5. The van der Waals surface area contributed by atoms with Gasteiger partial charge < -0.3 is 5.32 Å². The van der Waals surface area contributed by atoms with E-state index >= 15 is 0 Å². The average molecular weight is 469 g/mol. The lowest BCUT2D eigenvalue weighted by Gasteiger charge is -2.18. The van der Waals surface area contributed by atoms with Gasteiger partial charge in [0.15, 0.2) is 10.8 Å². The third kappa shape index (κ3) is 5.36. The Labute approximate surface area is 186 Å². The van der Waals surface area contributed by atoms with Crippen LogP contribution in [0.5, 0.6) is 0 Å². The van der Waals surface area contributed by atoms with E-state index in [4.69, 9.17) is 0 Å². The van der Waals surface area contributed by atoms with Crippen LogP contribution < -0.4 is 10.6 Å². The van der Waals surface area contributed by atoms with Crippen molar-refractivity contribution in [1.82, 2.24) is 29.5 Å². The fraction of sp³-hybridized carbons (Fsp3) is 0.579. The van der Waals surface area contributed by atoms with Gasteiger partial charge in [0, 0.05) is 25.3 Å². The molecule has 1 atom stereocenters. The molecule has 2 aromatic heterocycles. The van der Waals surface area contributed by atoms with Crippen molar-refractivity contribution >= 4 is 39.4 Å². The maximum Gasteiger partial charge on any atom is 0.321 e. The van der Waals surface area contributed by atoms with Gasteiger partial charge in [-0.1, -0.05) is 38.5 Å². The highest BCUT2D eigenvalue weighted by Gasteiger charge is 2.25. The quantitative estimate of drug-likeness (QED) is 0.568. The number of amides is 3. The van der Waals surface area contributed by atoms with Crippen LogP contribution in [0.4, 0.5) is 4.79 Å². The number of fused-ring (bicyclic) bond motifs is 1. The monoisotopic (exact) mass is 468 g/mol. The molecule has 0 unspecified atom stereocenters. The summed E-state index contributed by atoms with van der Waals surface area (Å²) in [6.07, 6.45) is 5.48. The molecule has 0 saturated heterocycles. The number of imide groups is 1. The summed E-state index contributed by atoms with van der Waals surface area (Å²) in [6.45, 7) is 5.94. The first-order valence-corrected chi connectivity index (χ1v) is 12.7. The van der Waals surface area contributed by atoms with Gasteiger partial charge in [0.25, 0.3) is 0 Å². The van der Waals surface area contributed by atoms with Crippen LogP contribution in [0.2, 0.25) is 0 Å². The zero-order valence-corrected chi connectivity index (χ0v) is 19.5. The number of urea groups is 1. The topological polar surface area (TPSA) is 126 Å². The number of hydrogen-bond donors (Lipinski definition) is 2. The predicted molar refractivity (Wildman–Crippen MR) is 117 cm³/mol. The van der Waals surface area contributed by atoms with Crippen molar-refractivity contribution in [2.24, 2.45) is 0 Å². The third-order valence-electron chi connectivity index (χ3n) is 5.27. The lowest BCUT2D eigenvalue weighted by molar-refractivity contribution is -0.119. The Morgan fingerprint density at radius 1 is 1.23 bits per heavy atom. The molecule has 1 aliphatic rings. The largest absolute Gasteiger partial charge is 0.335 e. The van der Waals surface area contributed by atoms with Gasteiger partial charge >= 0.3 is 6.03 Å². The van der Waals surface area contributed by atoms with Crippen molar-refractivity contribution in [2.45, 2.75) is 67.8 Å². The fourth-order valence-electron chi connectivity index (χ4n) is 3.51. The second-order valence-electron chi connectivity index (χ2n) is 7.37. The van der Waals surface area contributed by atoms with Crippen molar-refractivity contribution < 1.29 is 18.0 Å². The van der Waals surface area contributed by atoms with Gasteiger partial charge in [-0.25, -0.2) is 13.2 Å². The minimum Gasteiger partial charge on any atom is -0.335 e. The lowest BCUT2D eigenvalue weighted by Crippen LogP contribution is -2.45. The number of hydrogen-bond acceptors (Lipinski definition) is 7. The smallest absolute Gasteiger partial charge is 0.321 e. The van der Waals surface area contributed by atoms with Crippen LogP contribution in [0.15, 0.2) is 28.4 Å². The van der Waals surface area contributed by atoms with Gasteiger partial charge in [-0.2, -0.15) is 4.31 Å². The molecular weight excluding hydrogens is 440 g/mol. The van der Waals surface area contributed by atoms with E-state index < -0.39 is 27.2 Å². The number of aromatic nitrogens is 3. The van der Waals surface area contributed by atoms with Gasteiger partial charge in [-0.15, -0.1) is 10.2 Å². The van der Waals surface area contributed by atoms with E-state index in [0.29, 0.717) is 23.9 Å². The first-order chi connectivity index (χ1) is 14.8. The van der Waals surface area contributed by atoms with Gasteiger partial charge in [0.2, 0.25) is 15.9 Å². The molecule has 3 amide bonds. The van der Waals surface area contributed by atoms with E-state index in [1.165, 1.54) is 16.6 Å².